The standard InChI is InChI=1S/C14H11N3O8S/c1-24-10-3-2-8(16(20)21)6-9(10)15-12(18)7-25-14(19)11-4-5-13(26-11)17(22)23/h2-6H,7H2,1H3,(H,15,18). The Morgan fingerprint density at radius 2 is 1.88 bits per heavy atom. The Hall–Kier alpha value is -3.54. The lowest BCUT2D eigenvalue weighted by Gasteiger charge is -2.10. The number of nitro benzene ring substituents is 1. The van der Waals surface area contributed by atoms with Gasteiger partial charge in [0.2, 0.25) is 0 Å². The number of ether oxygens (including phenoxy) is 2. The summed E-state index contributed by atoms with van der Waals surface area (Å²) in [6, 6.07) is 5.98. The van der Waals surface area contributed by atoms with Crippen LogP contribution in [0.4, 0.5) is 16.4 Å². The summed E-state index contributed by atoms with van der Waals surface area (Å²) in [5.74, 6) is -1.48. The van der Waals surface area contributed by atoms with Gasteiger partial charge < -0.3 is 14.8 Å². The normalized spacial score (nSPS) is 10.0. The summed E-state index contributed by atoms with van der Waals surface area (Å²) in [5, 5.41) is 23.5. The fraction of sp³-hybridized carbons (Fsp3) is 0.143. The molecular weight excluding hydrogens is 370 g/mol. The Labute approximate surface area is 149 Å². The molecule has 1 aromatic heterocycles. The number of carbonyl (C=O) groups excluding carboxylic acids is 2. The number of esters is 1. The maximum Gasteiger partial charge on any atom is 0.349 e. The molecule has 26 heavy (non-hydrogen) atoms. The lowest BCUT2D eigenvalue weighted by atomic mass is 10.2. The van der Waals surface area contributed by atoms with Crippen molar-refractivity contribution in [2.45, 2.75) is 0 Å². The molecule has 0 spiro atoms. The summed E-state index contributed by atoms with van der Waals surface area (Å²) < 4.78 is 9.76. The first-order chi connectivity index (χ1) is 12.3. The van der Waals surface area contributed by atoms with Crippen LogP contribution in [-0.4, -0.2) is 35.4 Å². The number of nitrogens with zero attached hydrogens (tertiary/aromatic N) is 2. The van der Waals surface area contributed by atoms with E-state index >= 15 is 0 Å². The summed E-state index contributed by atoms with van der Waals surface area (Å²) in [6.45, 7) is -0.684. The first kappa shape index (κ1) is 18.8. The van der Waals surface area contributed by atoms with Gasteiger partial charge in [0.05, 0.1) is 22.6 Å². The summed E-state index contributed by atoms with van der Waals surface area (Å²) in [5.41, 5.74) is -0.224. The van der Waals surface area contributed by atoms with E-state index in [-0.39, 0.29) is 27.0 Å². The summed E-state index contributed by atoms with van der Waals surface area (Å²) in [6.07, 6.45) is 0. The largest absolute Gasteiger partial charge is 0.495 e. The fourth-order valence-electron chi connectivity index (χ4n) is 1.83. The van der Waals surface area contributed by atoms with Crippen LogP contribution < -0.4 is 10.1 Å². The Kier molecular flexibility index (Phi) is 5.80. The Bertz CT molecular complexity index is 879. The summed E-state index contributed by atoms with van der Waals surface area (Å²) in [4.78, 5) is 43.7. The number of non-ortho nitro benzene ring substituents is 1. The summed E-state index contributed by atoms with van der Waals surface area (Å²) in [7, 11) is 1.32. The topological polar surface area (TPSA) is 151 Å². The third-order valence-corrected chi connectivity index (χ3v) is 3.99. The second-order valence-corrected chi connectivity index (χ2v) is 5.72. The molecular formula is C14H11N3O8S. The van der Waals surface area contributed by atoms with Crippen molar-refractivity contribution in [2.75, 3.05) is 19.0 Å². The molecule has 1 aromatic carbocycles. The van der Waals surface area contributed by atoms with E-state index < -0.39 is 28.3 Å². The van der Waals surface area contributed by atoms with E-state index in [4.69, 9.17) is 9.47 Å². The van der Waals surface area contributed by atoms with Gasteiger partial charge in [-0.1, -0.05) is 11.3 Å². The number of benzene rings is 1. The number of hydrogen-bond donors (Lipinski definition) is 1. The minimum Gasteiger partial charge on any atom is -0.495 e. The van der Waals surface area contributed by atoms with Crippen molar-refractivity contribution in [3.8, 4) is 5.75 Å². The maximum absolute atomic E-state index is 11.9. The molecule has 0 saturated heterocycles. The van der Waals surface area contributed by atoms with E-state index in [0.717, 1.165) is 12.1 Å². The van der Waals surface area contributed by atoms with Crippen LogP contribution in [0.1, 0.15) is 9.67 Å². The smallest absolute Gasteiger partial charge is 0.349 e. The zero-order chi connectivity index (χ0) is 19.3. The molecule has 0 fully saturated rings. The highest BCUT2D eigenvalue weighted by molar-refractivity contribution is 7.17. The van der Waals surface area contributed by atoms with E-state index in [9.17, 15) is 29.8 Å². The second-order valence-electron chi connectivity index (χ2n) is 4.66. The predicted molar refractivity (Wildman–Crippen MR) is 89.5 cm³/mol. The van der Waals surface area contributed by atoms with E-state index in [2.05, 4.69) is 5.32 Å². The van der Waals surface area contributed by atoms with E-state index in [1.165, 1.54) is 25.3 Å². The fourth-order valence-corrected chi connectivity index (χ4v) is 2.55. The number of carbonyl (C=O) groups is 2. The van der Waals surface area contributed by atoms with Gasteiger partial charge in [-0.05, 0) is 12.1 Å². The number of nitrogens with one attached hydrogen (secondary N) is 1. The molecule has 0 radical (unpaired) electrons. The molecule has 0 aliphatic carbocycles. The van der Waals surface area contributed by atoms with Gasteiger partial charge in [-0.3, -0.25) is 25.0 Å². The molecule has 2 aromatic rings. The van der Waals surface area contributed by atoms with Crippen LogP contribution >= 0.6 is 11.3 Å². The van der Waals surface area contributed by atoms with Crippen LogP contribution in [0.3, 0.4) is 0 Å². The number of hydrogen-bond acceptors (Lipinski definition) is 9. The minimum absolute atomic E-state index is 0.0302. The highest BCUT2D eigenvalue weighted by Gasteiger charge is 2.18. The average Bonchev–Trinajstić information content (AvgIpc) is 3.10. The van der Waals surface area contributed by atoms with Gasteiger partial charge in [0.25, 0.3) is 11.6 Å². The third-order valence-electron chi connectivity index (χ3n) is 2.98. The highest BCUT2D eigenvalue weighted by Crippen LogP contribution is 2.29. The van der Waals surface area contributed by atoms with Gasteiger partial charge >= 0.3 is 11.0 Å². The molecule has 0 aliphatic heterocycles. The highest BCUT2D eigenvalue weighted by atomic mass is 32.1. The molecule has 136 valence electrons. The number of nitro groups is 2. The number of methoxy groups -OCH3 is 1. The van der Waals surface area contributed by atoms with Gasteiger partial charge in [0.15, 0.2) is 6.61 Å². The van der Waals surface area contributed by atoms with E-state index in [1.807, 2.05) is 0 Å². The van der Waals surface area contributed by atoms with Gasteiger partial charge in [0.1, 0.15) is 10.6 Å². The van der Waals surface area contributed by atoms with E-state index in [1.54, 1.807) is 0 Å². The molecule has 11 nitrogen and oxygen atoms in total. The molecule has 12 heteroatoms. The number of rotatable bonds is 7. The van der Waals surface area contributed by atoms with Crippen LogP contribution in [-0.2, 0) is 9.53 Å². The predicted octanol–water partition coefficient (Wildman–Crippen LogP) is 2.37. The molecule has 0 unspecified atom stereocenters. The Balaban J connectivity index is 2.00. The molecule has 0 bridgehead atoms. The molecule has 0 saturated carbocycles. The Morgan fingerprint density at radius 3 is 2.46 bits per heavy atom. The van der Waals surface area contributed by atoms with Crippen molar-refractivity contribution < 1.29 is 28.9 Å². The number of amides is 1. The van der Waals surface area contributed by atoms with Crippen molar-refractivity contribution in [1.82, 2.24) is 0 Å². The van der Waals surface area contributed by atoms with Crippen LogP contribution in [0.25, 0.3) is 0 Å². The van der Waals surface area contributed by atoms with Gasteiger partial charge in [-0.2, -0.15) is 0 Å². The monoisotopic (exact) mass is 381 g/mol. The molecule has 1 N–H and O–H groups in total. The van der Waals surface area contributed by atoms with Crippen LogP contribution in [0.2, 0.25) is 0 Å². The first-order valence-electron chi connectivity index (χ1n) is 6.85. The Morgan fingerprint density at radius 1 is 1.15 bits per heavy atom. The van der Waals surface area contributed by atoms with Crippen molar-refractivity contribution in [2.24, 2.45) is 0 Å². The van der Waals surface area contributed by atoms with E-state index in [0.29, 0.717) is 11.3 Å². The molecule has 1 heterocycles. The SMILES string of the molecule is COc1ccc([N+](=O)[O-])cc1NC(=O)COC(=O)c1ccc([N+](=O)[O-])s1. The molecule has 1 amide bonds. The minimum atomic E-state index is -0.899. The van der Waals surface area contributed by atoms with Gasteiger partial charge in [0, 0.05) is 18.2 Å². The van der Waals surface area contributed by atoms with Crippen LogP contribution in [0, 0.1) is 20.2 Å². The first-order valence-corrected chi connectivity index (χ1v) is 7.67. The average molecular weight is 381 g/mol. The second kappa shape index (κ2) is 8.02. The third kappa shape index (κ3) is 4.51. The lowest BCUT2D eigenvalue weighted by Crippen LogP contribution is -2.21. The van der Waals surface area contributed by atoms with Crippen molar-refractivity contribution in [1.29, 1.82) is 0 Å². The quantitative estimate of drug-likeness (QED) is 0.436. The zero-order valence-electron chi connectivity index (χ0n) is 13.2. The van der Waals surface area contributed by atoms with Crippen molar-refractivity contribution in [3.05, 3.63) is 55.4 Å². The van der Waals surface area contributed by atoms with Crippen LogP contribution in [0.15, 0.2) is 30.3 Å². The van der Waals surface area contributed by atoms with Gasteiger partial charge in [-0.15, -0.1) is 0 Å². The van der Waals surface area contributed by atoms with Crippen molar-refractivity contribution in [3.63, 3.8) is 0 Å². The van der Waals surface area contributed by atoms with Crippen LogP contribution in [0.5, 0.6) is 5.75 Å². The number of thiophene rings is 1. The zero-order valence-corrected chi connectivity index (χ0v) is 14.0. The van der Waals surface area contributed by atoms with Crippen molar-refractivity contribution >= 4 is 39.6 Å². The van der Waals surface area contributed by atoms with Gasteiger partial charge in [-0.25, -0.2) is 4.79 Å². The molecule has 2 rings (SSSR count). The molecule has 0 aliphatic rings. The maximum atomic E-state index is 11.9. The summed E-state index contributed by atoms with van der Waals surface area (Å²) >= 11 is 0.616. The number of anilines is 1. The molecule has 0 atom stereocenters. The lowest BCUT2D eigenvalue weighted by molar-refractivity contribution is -0.384.